The van der Waals surface area contributed by atoms with Gasteiger partial charge in [0.25, 0.3) is 0 Å². The molecule has 3 aromatic rings. The molecule has 2 aromatic heterocycles. The van der Waals surface area contributed by atoms with Crippen LogP contribution in [0, 0.1) is 0 Å². The predicted molar refractivity (Wildman–Crippen MR) is 130 cm³/mol. The largest absolute Gasteiger partial charge is 0.369 e. The van der Waals surface area contributed by atoms with E-state index in [0.29, 0.717) is 30.4 Å². The van der Waals surface area contributed by atoms with E-state index in [9.17, 15) is 4.79 Å². The van der Waals surface area contributed by atoms with Crippen molar-refractivity contribution in [1.29, 1.82) is 0 Å². The molecule has 2 amide bonds. The van der Waals surface area contributed by atoms with Crippen LogP contribution in [0.5, 0.6) is 0 Å². The van der Waals surface area contributed by atoms with E-state index in [4.69, 9.17) is 4.98 Å². The topological polar surface area (TPSA) is 73.6 Å². The summed E-state index contributed by atoms with van der Waals surface area (Å²) in [5.74, 6) is 1.34. The highest BCUT2D eigenvalue weighted by Crippen LogP contribution is 2.28. The van der Waals surface area contributed by atoms with Crippen LogP contribution in [0.2, 0.25) is 0 Å². The molecule has 2 aliphatic heterocycles. The zero-order valence-electron chi connectivity index (χ0n) is 19.4. The van der Waals surface area contributed by atoms with E-state index in [1.165, 1.54) is 5.69 Å². The van der Waals surface area contributed by atoms with Gasteiger partial charge in [-0.1, -0.05) is 6.07 Å². The van der Waals surface area contributed by atoms with E-state index >= 15 is 0 Å². The molecule has 9 heteroatoms. The fourth-order valence-corrected chi connectivity index (χ4v) is 4.40. The summed E-state index contributed by atoms with van der Waals surface area (Å²) in [4.78, 5) is 26.3. The summed E-state index contributed by atoms with van der Waals surface area (Å²) < 4.78 is 1.98. The molecule has 0 saturated carbocycles. The molecule has 0 aliphatic carbocycles. The van der Waals surface area contributed by atoms with E-state index in [2.05, 4.69) is 53.0 Å². The van der Waals surface area contributed by atoms with Gasteiger partial charge in [0.1, 0.15) is 17.8 Å². The Hall–Kier alpha value is -3.46. The first-order valence-corrected chi connectivity index (χ1v) is 11.5. The van der Waals surface area contributed by atoms with Gasteiger partial charge in [-0.3, -0.25) is 9.80 Å². The smallest absolute Gasteiger partial charge is 0.330 e. The Morgan fingerprint density at radius 3 is 2.27 bits per heavy atom. The number of benzene rings is 1. The van der Waals surface area contributed by atoms with Gasteiger partial charge in [0.15, 0.2) is 5.82 Å². The zero-order chi connectivity index (χ0) is 22.9. The van der Waals surface area contributed by atoms with Gasteiger partial charge in [-0.05, 0) is 57.3 Å². The second-order valence-electron chi connectivity index (χ2n) is 8.93. The maximum absolute atomic E-state index is 13.3. The van der Waals surface area contributed by atoms with Crippen LogP contribution < -0.4 is 14.7 Å². The number of likely N-dealkylation sites (N-methyl/N-ethyl adjacent to an activating group) is 1. The molecule has 2 aliphatic rings. The molecule has 2 saturated heterocycles. The maximum Gasteiger partial charge on any atom is 0.330 e. The number of carbonyl (C=O) groups excluding carboxylic acids is 1. The third-order valence-corrected chi connectivity index (χ3v) is 6.41. The van der Waals surface area contributed by atoms with Gasteiger partial charge in [-0.2, -0.15) is 0 Å². The number of rotatable bonds is 5. The van der Waals surface area contributed by atoms with Crippen molar-refractivity contribution in [3.63, 3.8) is 0 Å². The van der Waals surface area contributed by atoms with Gasteiger partial charge in [-0.15, -0.1) is 10.2 Å². The van der Waals surface area contributed by atoms with Crippen molar-refractivity contribution in [1.82, 2.24) is 24.6 Å². The van der Waals surface area contributed by atoms with E-state index in [1.807, 2.05) is 39.8 Å². The maximum atomic E-state index is 13.3. The van der Waals surface area contributed by atoms with Crippen LogP contribution in [0.3, 0.4) is 0 Å². The Kier molecular flexibility index (Phi) is 5.72. The minimum Gasteiger partial charge on any atom is -0.369 e. The van der Waals surface area contributed by atoms with Crippen molar-refractivity contribution >= 4 is 23.2 Å². The summed E-state index contributed by atoms with van der Waals surface area (Å²) in [6.45, 7) is 9.56. The predicted octanol–water partition coefficient (Wildman–Crippen LogP) is 3.12. The summed E-state index contributed by atoms with van der Waals surface area (Å²) in [7, 11) is 2.16. The van der Waals surface area contributed by atoms with Crippen LogP contribution in [-0.2, 0) is 0 Å². The lowest BCUT2D eigenvalue weighted by Gasteiger charge is -2.34. The van der Waals surface area contributed by atoms with Crippen LogP contribution in [0.25, 0.3) is 11.5 Å². The minimum absolute atomic E-state index is 0.0580. The highest BCUT2D eigenvalue weighted by Gasteiger charge is 2.32. The summed E-state index contributed by atoms with van der Waals surface area (Å²) in [6.07, 6.45) is 1.71. The fourth-order valence-electron chi connectivity index (χ4n) is 4.40. The fraction of sp³-hybridized carbons (Fsp3) is 0.417. The highest BCUT2D eigenvalue weighted by atomic mass is 16.2. The van der Waals surface area contributed by atoms with Crippen molar-refractivity contribution in [2.75, 3.05) is 61.0 Å². The van der Waals surface area contributed by atoms with Gasteiger partial charge >= 0.3 is 6.03 Å². The van der Waals surface area contributed by atoms with Gasteiger partial charge in [0.05, 0.1) is 0 Å². The van der Waals surface area contributed by atoms with Gasteiger partial charge in [0.2, 0.25) is 0 Å². The molecule has 0 unspecified atom stereocenters. The molecular formula is C24H30N8O. The highest BCUT2D eigenvalue weighted by molar-refractivity contribution is 6.05. The first-order chi connectivity index (χ1) is 16.0. The van der Waals surface area contributed by atoms with Crippen LogP contribution in [0.15, 0.2) is 48.8 Å². The number of hydrogen-bond acceptors (Lipinski definition) is 6. The third kappa shape index (κ3) is 4.16. The van der Waals surface area contributed by atoms with Crippen LogP contribution in [0.4, 0.5) is 22.0 Å². The molecule has 33 heavy (non-hydrogen) atoms. The number of aromatic nitrogens is 4. The lowest BCUT2D eigenvalue weighted by molar-refractivity contribution is 0.255. The Bertz CT molecular complexity index is 1120. The number of urea groups is 1. The SMILES string of the molecule is CC(C)n1cnnc1-c1cccc(N2CCN(c3ccc(N4CCN(C)CC4)cc3)C2=O)n1. The molecule has 0 N–H and O–H groups in total. The first kappa shape index (κ1) is 21.4. The molecule has 0 spiro atoms. The van der Waals surface area contributed by atoms with Crippen LogP contribution >= 0.6 is 0 Å². The Morgan fingerprint density at radius 1 is 0.848 bits per heavy atom. The van der Waals surface area contributed by atoms with Gasteiger partial charge in [-0.25, -0.2) is 9.78 Å². The summed E-state index contributed by atoms with van der Waals surface area (Å²) in [5.41, 5.74) is 2.83. The molecule has 0 atom stereocenters. The van der Waals surface area contributed by atoms with Crippen LogP contribution in [-0.4, -0.2) is 77.0 Å². The molecule has 2 fully saturated rings. The summed E-state index contributed by atoms with van der Waals surface area (Å²) >= 11 is 0. The molecule has 5 rings (SSSR count). The second-order valence-corrected chi connectivity index (χ2v) is 8.93. The number of amides is 2. The second kappa shape index (κ2) is 8.82. The average Bonchev–Trinajstić information content (AvgIpc) is 3.47. The van der Waals surface area contributed by atoms with E-state index in [1.54, 1.807) is 11.2 Å². The molecule has 9 nitrogen and oxygen atoms in total. The van der Waals surface area contributed by atoms with Crippen molar-refractivity contribution in [2.24, 2.45) is 0 Å². The zero-order valence-corrected chi connectivity index (χ0v) is 19.4. The molecule has 1 aromatic carbocycles. The van der Waals surface area contributed by atoms with E-state index < -0.39 is 0 Å². The summed E-state index contributed by atoms with van der Waals surface area (Å²) in [5, 5.41) is 8.27. The number of nitrogens with zero attached hydrogens (tertiary/aromatic N) is 8. The van der Waals surface area contributed by atoms with E-state index in [0.717, 1.165) is 31.9 Å². The standard InChI is InChI=1S/C24H30N8O/c1-18(2)32-17-25-27-23(32)21-5-4-6-22(26-21)31-16-15-30(24(31)33)20-9-7-19(8-10-20)29-13-11-28(3)12-14-29/h4-10,17-18H,11-16H2,1-3H3. The number of carbonyl (C=O) groups is 1. The Balaban J connectivity index is 1.32. The molecule has 4 heterocycles. The molecule has 0 bridgehead atoms. The lowest BCUT2D eigenvalue weighted by atomic mass is 10.2. The normalized spacial score (nSPS) is 17.5. The van der Waals surface area contributed by atoms with Crippen LogP contribution in [0.1, 0.15) is 19.9 Å². The number of hydrogen-bond donors (Lipinski definition) is 0. The third-order valence-electron chi connectivity index (χ3n) is 6.41. The van der Waals surface area contributed by atoms with Gasteiger partial charge in [0, 0.05) is 56.7 Å². The lowest BCUT2D eigenvalue weighted by Crippen LogP contribution is -2.44. The minimum atomic E-state index is -0.0580. The van der Waals surface area contributed by atoms with Crippen molar-refractivity contribution in [2.45, 2.75) is 19.9 Å². The van der Waals surface area contributed by atoms with Crippen molar-refractivity contribution in [3.05, 3.63) is 48.8 Å². The quantitative estimate of drug-likeness (QED) is 0.600. The number of pyridine rings is 1. The van der Waals surface area contributed by atoms with E-state index in [-0.39, 0.29) is 12.1 Å². The average molecular weight is 447 g/mol. The monoisotopic (exact) mass is 446 g/mol. The molecule has 0 radical (unpaired) electrons. The van der Waals surface area contributed by atoms with Crippen molar-refractivity contribution < 1.29 is 4.79 Å². The first-order valence-electron chi connectivity index (χ1n) is 11.5. The van der Waals surface area contributed by atoms with Crippen molar-refractivity contribution in [3.8, 4) is 11.5 Å². The summed E-state index contributed by atoms with van der Waals surface area (Å²) in [6, 6.07) is 14.2. The molecule has 172 valence electrons. The van der Waals surface area contributed by atoms with Gasteiger partial charge < -0.3 is 14.4 Å². The molecular weight excluding hydrogens is 416 g/mol. The number of anilines is 3. The Morgan fingerprint density at radius 2 is 1.55 bits per heavy atom. The number of piperazine rings is 1. The Labute approximate surface area is 194 Å².